The number of ether oxygens (including phenoxy) is 4. The summed E-state index contributed by atoms with van der Waals surface area (Å²) in [5, 5.41) is 42.4. The van der Waals surface area contributed by atoms with Crippen molar-refractivity contribution in [3.05, 3.63) is 35.9 Å². The number of hydrogen-bond donors (Lipinski definition) is 5. The minimum atomic E-state index is -1.87. The Morgan fingerprint density at radius 3 is 2.30 bits per heavy atom. The summed E-state index contributed by atoms with van der Waals surface area (Å²) in [4.78, 5) is 60.2. The van der Waals surface area contributed by atoms with Crippen LogP contribution in [0.3, 0.4) is 0 Å². The summed E-state index contributed by atoms with van der Waals surface area (Å²) >= 11 is 0. The first-order valence-electron chi connectivity index (χ1n) is 15.0. The number of unbranched alkanes of at least 4 members (excludes halogenated alkanes) is 2. The van der Waals surface area contributed by atoms with E-state index in [0.717, 1.165) is 0 Å². The summed E-state index contributed by atoms with van der Waals surface area (Å²) in [5.41, 5.74) is -0.266. The summed E-state index contributed by atoms with van der Waals surface area (Å²) in [6.07, 6.45) is -3.90. The van der Waals surface area contributed by atoms with Crippen molar-refractivity contribution >= 4 is 29.7 Å². The minimum absolute atomic E-state index is 0.0701. The number of esters is 1. The normalized spacial score (nSPS) is 22.9. The molecule has 3 amide bonds. The van der Waals surface area contributed by atoms with Crippen molar-refractivity contribution in [2.45, 2.75) is 90.2 Å². The van der Waals surface area contributed by atoms with Gasteiger partial charge in [0.1, 0.15) is 36.4 Å². The van der Waals surface area contributed by atoms with Gasteiger partial charge in [-0.3, -0.25) is 24.1 Å². The molecule has 3 rings (SSSR count). The van der Waals surface area contributed by atoms with Crippen LogP contribution in [-0.4, -0.2) is 105 Å². The lowest BCUT2D eigenvalue weighted by Crippen LogP contribution is -2.61. The van der Waals surface area contributed by atoms with Gasteiger partial charge in [0.15, 0.2) is 6.10 Å². The third-order valence-electron chi connectivity index (χ3n) is 7.16. The van der Waals surface area contributed by atoms with E-state index in [1.807, 2.05) is 0 Å². The van der Waals surface area contributed by atoms with Crippen LogP contribution in [0.25, 0.3) is 0 Å². The number of carbonyl (C=O) groups excluding carboxylic acids is 4. The molecule has 1 unspecified atom stereocenters. The largest absolute Gasteiger partial charge is 0.493 e. The van der Waals surface area contributed by atoms with Gasteiger partial charge in [0, 0.05) is 43.3 Å². The molecule has 2 aliphatic heterocycles. The van der Waals surface area contributed by atoms with Crippen molar-refractivity contribution in [1.29, 1.82) is 0 Å². The molecule has 5 N–H and O–H groups in total. The van der Waals surface area contributed by atoms with Gasteiger partial charge in [-0.15, -0.1) is 0 Å². The predicted molar refractivity (Wildman–Crippen MR) is 158 cm³/mol. The van der Waals surface area contributed by atoms with Crippen molar-refractivity contribution in [3.63, 3.8) is 0 Å². The Balaban J connectivity index is 1.51. The zero-order chi connectivity index (χ0) is 34.0. The Bertz CT molecular complexity index is 1270. The van der Waals surface area contributed by atoms with Gasteiger partial charge in [-0.25, -0.2) is 4.79 Å². The molecule has 0 aliphatic carbocycles. The first kappa shape index (κ1) is 36.4. The van der Waals surface area contributed by atoms with Gasteiger partial charge in [-0.05, 0) is 52.2 Å². The summed E-state index contributed by atoms with van der Waals surface area (Å²) in [5.74, 6) is -2.48. The molecule has 1 aromatic carbocycles. The molecule has 1 saturated heterocycles. The monoisotopic (exact) mass is 650 g/mol. The lowest BCUT2D eigenvalue weighted by Gasteiger charge is -2.38. The molecule has 5 atom stereocenters. The average Bonchev–Trinajstić information content (AvgIpc) is 3.31. The van der Waals surface area contributed by atoms with E-state index in [0.29, 0.717) is 44.3 Å². The van der Waals surface area contributed by atoms with Crippen LogP contribution in [0.2, 0.25) is 0 Å². The van der Waals surface area contributed by atoms with Crippen LogP contribution in [0.4, 0.5) is 0 Å². The lowest BCUT2D eigenvalue weighted by molar-refractivity contribution is -0.271. The topological polar surface area (TPSA) is 218 Å². The second kappa shape index (κ2) is 16.5. The molecule has 254 valence electrons. The number of imide groups is 1. The molecule has 0 spiro atoms. The van der Waals surface area contributed by atoms with Crippen LogP contribution in [0.15, 0.2) is 30.4 Å². The number of aliphatic carboxylic acids is 1. The minimum Gasteiger partial charge on any atom is -0.493 e. The summed E-state index contributed by atoms with van der Waals surface area (Å²) < 4.78 is 22.1. The molecule has 46 heavy (non-hydrogen) atoms. The number of amides is 3. The van der Waals surface area contributed by atoms with Gasteiger partial charge in [0.2, 0.25) is 12.2 Å². The molecule has 0 radical (unpaired) electrons. The van der Waals surface area contributed by atoms with E-state index in [1.165, 1.54) is 29.2 Å². The van der Waals surface area contributed by atoms with Gasteiger partial charge in [-0.1, -0.05) is 6.42 Å². The number of nitrogens with one attached hydrogen (secondary N) is 1. The Hall–Kier alpha value is -4.05. The van der Waals surface area contributed by atoms with Crippen LogP contribution in [0.1, 0.15) is 58.4 Å². The maximum absolute atomic E-state index is 12.3. The summed E-state index contributed by atoms with van der Waals surface area (Å²) in [6.45, 7) is 5.76. The van der Waals surface area contributed by atoms with Crippen molar-refractivity contribution < 1.29 is 63.3 Å². The molecular formula is C31H42N2O13. The van der Waals surface area contributed by atoms with Gasteiger partial charge < -0.3 is 44.7 Å². The molecule has 0 aromatic heterocycles. The zero-order valence-electron chi connectivity index (χ0n) is 26.0. The van der Waals surface area contributed by atoms with Crippen LogP contribution in [0, 0.1) is 5.41 Å². The third-order valence-corrected chi connectivity index (χ3v) is 7.16. The highest BCUT2D eigenvalue weighted by atomic mass is 16.7. The number of hydrogen-bond acceptors (Lipinski definition) is 12. The molecule has 0 bridgehead atoms. The van der Waals surface area contributed by atoms with E-state index in [-0.39, 0.29) is 48.9 Å². The zero-order valence-corrected chi connectivity index (χ0v) is 26.0. The SMILES string of the molecule is CC(C)(C)C(=O)OCc1ccc(O[C@@H]2OC(C(=O)O)[C@@H](O)[C@H](O)[C@H]2O)cc1OCCCNC(=O)CCCCCN1C(=O)C=CC1=O. The number of carbonyl (C=O) groups is 5. The molecule has 0 saturated carbocycles. The second-order valence-corrected chi connectivity index (χ2v) is 12.0. The van der Waals surface area contributed by atoms with Gasteiger partial charge >= 0.3 is 11.9 Å². The number of aliphatic hydroxyl groups excluding tert-OH is 3. The van der Waals surface area contributed by atoms with E-state index in [1.54, 1.807) is 26.8 Å². The van der Waals surface area contributed by atoms with Crippen molar-refractivity contribution in [2.24, 2.45) is 5.41 Å². The first-order chi connectivity index (χ1) is 21.7. The van der Waals surface area contributed by atoms with Gasteiger partial charge in [0.05, 0.1) is 12.0 Å². The molecule has 15 heteroatoms. The maximum atomic E-state index is 12.3. The predicted octanol–water partition coefficient (Wildman–Crippen LogP) is 0.417. The van der Waals surface area contributed by atoms with E-state index < -0.39 is 48.1 Å². The van der Waals surface area contributed by atoms with E-state index in [9.17, 15) is 44.4 Å². The van der Waals surface area contributed by atoms with Gasteiger partial charge in [-0.2, -0.15) is 0 Å². The molecule has 2 heterocycles. The molecule has 1 aromatic rings. The number of rotatable bonds is 16. The fraction of sp³-hybridized carbons (Fsp3) is 0.581. The fourth-order valence-corrected chi connectivity index (χ4v) is 4.46. The quantitative estimate of drug-likeness (QED) is 0.0932. The standard InChI is InChI=1S/C31H42N2O13/c1-31(2,3)30(42)44-17-18-9-10-19(45-29-26(39)24(37)25(38)27(46-29)28(40)41)16-20(18)43-15-7-13-32-21(34)8-5-4-6-14-33-22(35)11-12-23(33)36/h9-12,16,24-27,29,37-39H,4-8,13-15,17H2,1-3H3,(H,32,34)(H,40,41)/t24-,25-,26+,27?,29+/m0/s1. The number of nitrogens with zero attached hydrogens (tertiary/aromatic N) is 1. The Morgan fingerprint density at radius 1 is 0.957 bits per heavy atom. The number of carboxylic acids is 1. The van der Waals surface area contributed by atoms with Crippen LogP contribution < -0.4 is 14.8 Å². The van der Waals surface area contributed by atoms with Crippen LogP contribution in [-0.2, 0) is 40.1 Å². The average molecular weight is 651 g/mol. The van der Waals surface area contributed by atoms with Crippen LogP contribution >= 0.6 is 0 Å². The fourth-order valence-electron chi connectivity index (χ4n) is 4.46. The number of benzene rings is 1. The summed E-state index contributed by atoms with van der Waals surface area (Å²) in [6, 6.07) is 4.42. The molecular weight excluding hydrogens is 608 g/mol. The molecule has 2 aliphatic rings. The van der Waals surface area contributed by atoms with Crippen molar-refractivity contribution in [3.8, 4) is 11.5 Å². The Kier molecular flexibility index (Phi) is 13.1. The van der Waals surface area contributed by atoms with E-state index >= 15 is 0 Å². The third kappa shape index (κ3) is 10.2. The maximum Gasteiger partial charge on any atom is 0.335 e. The number of carboxylic acid groups (broad SMARTS) is 1. The van der Waals surface area contributed by atoms with E-state index in [2.05, 4.69) is 5.32 Å². The highest BCUT2D eigenvalue weighted by molar-refractivity contribution is 6.12. The molecule has 1 fully saturated rings. The first-order valence-corrected chi connectivity index (χ1v) is 15.0. The number of aliphatic hydroxyl groups is 3. The van der Waals surface area contributed by atoms with Crippen molar-refractivity contribution in [1.82, 2.24) is 10.2 Å². The molecule has 15 nitrogen and oxygen atoms in total. The van der Waals surface area contributed by atoms with Crippen LogP contribution in [0.5, 0.6) is 11.5 Å². The van der Waals surface area contributed by atoms with Gasteiger partial charge in [0.25, 0.3) is 11.8 Å². The lowest BCUT2D eigenvalue weighted by atomic mass is 9.97. The van der Waals surface area contributed by atoms with Crippen molar-refractivity contribution in [2.75, 3.05) is 19.7 Å². The Morgan fingerprint density at radius 2 is 1.65 bits per heavy atom. The Labute approximate surface area is 266 Å². The smallest absolute Gasteiger partial charge is 0.335 e. The highest BCUT2D eigenvalue weighted by Gasteiger charge is 2.48. The van der Waals surface area contributed by atoms with E-state index in [4.69, 9.17) is 18.9 Å². The second-order valence-electron chi connectivity index (χ2n) is 12.0. The summed E-state index contributed by atoms with van der Waals surface area (Å²) in [7, 11) is 0. The highest BCUT2D eigenvalue weighted by Crippen LogP contribution is 2.30.